The van der Waals surface area contributed by atoms with E-state index in [2.05, 4.69) is 19.1 Å². The monoisotopic (exact) mass is 372 g/mol. The fourth-order valence-electron chi connectivity index (χ4n) is 1.65. The summed E-state index contributed by atoms with van der Waals surface area (Å²) < 4.78 is 5.81. The van der Waals surface area contributed by atoms with Crippen molar-refractivity contribution in [2.24, 2.45) is 0 Å². The minimum Gasteiger partial charge on any atom is -0.192 e. The molecule has 3 heterocycles. The predicted octanol–water partition coefficient (Wildman–Crippen LogP) is 6.06. The van der Waals surface area contributed by atoms with Crippen LogP contribution in [0.15, 0.2) is 26.8 Å². The second-order valence-electron chi connectivity index (χ2n) is 3.89. The molecule has 3 rings (SSSR count). The summed E-state index contributed by atoms with van der Waals surface area (Å²) in [5.41, 5.74) is 0. The first-order valence-corrected chi connectivity index (χ1v) is 10.9. The second-order valence-corrected chi connectivity index (χ2v) is 11.7. The highest BCUT2D eigenvalue weighted by molar-refractivity contribution is 8.47. The third-order valence-corrected chi connectivity index (χ3v) is 11.5. The van der Waals surface area contributed by atoms with Crippen LogP contribution in [0.4, 0.5) is 0 Å². The molecule has 0 aromatic heterocycles. The van der Waals surface area contributed by atoms with Gasteiger partial charge in [-0.2, -0.15) is 10.5 Å². The Bertz CT molecular complexity index is 585. The average molecular weight is 373 g/mol. The Hall–Kier alpha value is 0.300. The molecule has 0 N–H and O–H groups in total. The lowest BCUT2D eigenvalue weighted by Crippen LogP contribution is -1.90. The van der Waals surface area contributed by atoms with Crippen LogP contribution < -0.4 is 0 Å². The molecule has 0 fully saturated rings. The average Bonchev–Trinajstić information content (AvgIpc) is 3.09. The van der Waals surface area contributed by atoms with E-state index in [0.717, 1.165) is 4.24 Å². The van der Waals surface area contributed by atoms with Crippen LogP contribution in [0.2, 0.25) is 0 Å². The van der Waals surface area contributed by atoms with Crippen molar-refractivity contribution in [2.45, 2.75) is 24.3 Å². The van der Waals surface area contributed by atoms with E-state index in [0.29, 0.717) is 14.4 Å². The van der Waals surface area contributed by atoms with E-state index >= 15 is 0 Å². The topological polar surface area (TPSA) is 47.6 Å². The molecular formula is C12H8N2S6. The molecule has 102 valence electrons. The van der Waals surface area contributed by atoms with Gasteiger partial charge in [0.1, 0.15) is 21.9 Å². The zero-order chi connectivity index (χ0) is 14.1. The molecule has 20 heavy (non-hydrogen) atoms. The van der Waals surface area contributed by atoms with Gasteiger partial charge < -0.3 is 0 Å². The van der Waals surface area contributed by atoms with Crippen LogP contribution in [0.3, 0.4) is 0 Å². The quantitative estimate of drug-likeness (QED) is 0.579. The standard InChI is InChI=1S/C12H8N2S6/c1-2-3-8-17-10-11(18-8)20-12(19-10)9-15-6(4-13)7(5-14)16-9/h8H,2-3H2,1H3. The summed E-state index contributed by atoms with van der Waals surface area (Å²) >= 11 is 10.4. The fraction of sp³-hybridized carbons (Fsp3) is 0.333. The summed E-state index contributed by atoms with van der Waals surface area (Å²) in [5, 5.41) is 18.1. The van der Waals surface area contributed by atoms with Gasteiger partial charge in [-0.25, -0.2) is 0 Å². The van der Waals surface area contributed by atoms with Crippen molar-refractivity contribution in [2.75, 3.05) is 0 Å². The molecule has 0 bridgehead atoms. The zero-order valence-corrected chi connectivity index (χ0v) is 15.2. The van der Waals surface area contributed by atoms with Gasteiger partial charge in [0.05, 0.1) is 21.5 Å². The van der Waals surface area contributed by atoms with Crippen molar-refractivity contribution in [3.8, 4) is 12.1 Å². The van der Waals surface area contributed by atoms with Crippen molar-refractivity contribution >= 4 is 70.6 Å². The SMILES string of the molecule is CCCC1SC2=C(SC(=C3SC(C#N)=C(C#N)S3)S2)S1. The van der Waals surface area contributed by atoms with Crippen molar-refractivity contribution in [3.05, 3.63) is 26.8 Å². The third kappa shape index (κ3) is 2.92. The molecule has 0 saturated carbocycles. The lowest BCUT2D eigenvalue weighted by atomic mass is 10.4. The van der Waals surface area contributed by atoms with Gasteiger partial charge in [0.25, 0.3) is 0 Å². The lowest BCUT2D eigenvalue weighted by Gasteiger charge is -2.10. The molecule has 0 amide bonds. The van der Waals surface area contributed by atoms with Crippen molar-refractivity contribution < 1.29 is 0 Å². The number of nitrogens with zero attached hydrogens (tertiary/aromatic N) is 2. The van der Waals surface area contributed by atoms with Gasteiger partial charge in [-0.05, 0) is 6.42 Å². The first kappa shape index (κ1) is 15.2. The molecule has 0 spiro atoms. The highest BCUT2D eigenvalue weighted by atomic mass is 32.3. The van der Waals surface area contributed by atoms with E-state index in [9.17, 15) is 0 Å². The Kier molecular flexibility index (Phi) is 5.02. The van der Waals surface area contributed by atoms with Gasteiger partial charge in [0.15, 0.2) is 0 Å². The Morgan fingerprint density at radius 1 is 0.850 bits per heavy atom. The molecule has 0 aromatic rings. The van der Waals surface area contributed by atoms with Gasteiger partial charge in [-0.1, -0.05) is 60.4 Å². The van der Waals surface area contributed by atoms with Crippen LogP contribution in [-0.2, 0) is 0 Å². The van der Waals surface area contributed by atoms with Crippen LogP contribution in [0.1, 0.15) is 19.8 Å². The summed E-state index contributed by atoms with van der Waals surface area (Å²) in [7, 11) is 0. The van der Waals surface area contributed by atoms with E-state index in [1.165, 1.54) is 49.1 Å². The summed E-state index contributed by atoms with van der Waals surface area (Å²) in [4.78, 5) is 1.08. The van der Waals surface area contributed by atoms with Gasteiger partial charge in [-0.15, -0.1) is 23.5 Å². The largest absolute Gasteiger partial charge is 0.192 e. The molecule has 0 aromatic carbocycles. The number of hydrogen-bond donors (Lipinski definition) is 0. The molecule has 8 heteroatoms. The number of allylic oxidation sites excluding steroid dienone is 2. The molecular weight excluding hydrogens is 365 g/mol. The molecule has 0 saturated heterocycles. The van der Waals surface area contributed by atoms with E-state index < -0.39 is 0 Å². The predicted molar refractivity (Wildman–Crippen MR) is 96.5 cm³/mol. The van der Waals surface area contributed by atoms with Crippen molar-refractivity contribution in [1.82, 2.24) is 0 Å². The van der Waals surface area contributed by atoms with E-state index in [-0.39, 0.29) is 0 Å². The fourth-order valence-corrected chi connectivity index (χ4v) is 11.3. The maximum atomic E-state index is 9.04. The van der Waals surface area contributed by atoms with Crippen LogP contribution in [-0.4, -0.2) is 4.58 Å². The lowest BCUT2D eigenvalue weighted by molar-refractivity contribution is 0.873. The van der Waals surface area contributed by atoms with Crippen LogP contribution in [0.5, 0.6) is 0 Å². The molecule has 0 unspecified atom stereocenters. The first-order valence-electron chi connectivity index (χ1n) is 5.83. The summed E-state index contributed by atoms with van der Waals surface area (Å²) in [6, 6.07) is 4.23. The first-order chi connectivity index (χ1) is 9.75. The number of rotatable bonds is 2. The molecule has 3 aliphatic rings. The van der Waals surface area contributed by atoms with E-state index in [4.69, 9.17) is 10.5 Å². The third-order valence-electron chi connectivity index (χ3n) is 2.50. The Morgan fingerprint density at radius 3 is 1.80 bits per heavy atom. The summed E-state index contributed by atoms with van der Waals surface area (Å²) in [6.07, 6.45) is 2.47. The minimum atomic E-state index is 0.539. The number of nitriles is 2. The molecule has 0 atom stereocenters. The number of hydrogen-bond acceptors (Lipinski definition) is 8. The highest BCUT2D eigenvalue weighted by Crippen LogP contribution is 2.68. The van der Waals surface area contributed by atoms with Crippen LogP contribution in [0, 0.1) is 22.7 Å². The van der Waals surface area contributed by atoms with Gasteiger partial charge in [-0.3, -0.25) is 0 Å². The maximum Gasteiger partial charge on any atom is 0.115 e. The van der Waals surface area contributed by atoms with Gasteiger partial charge >= 0.3 is 0 Å². The molecule has 3 aliphatic heterocycles. The van der Waals surface area contributed by atoms with E-state index in [1.807, 2.05) is 47.0 Å². The minimum absolute atomic E-state index is 0.539. The zero-order valence-electron chi connectivity index (χ0n) is 10.3. The van der Waals surface area contributed by atoms with Crippen molar-refractivity contribution in [3.63, 3.8) is 0 Å². The second kappa shape index (κ2) is 6.60. The summed E-state index contributed by atoms with van der Waals surface area (Å²) in [5.74, 6) is 0. The van der Waals surface area contributed by atoms with Crippen LogP contribution >= 0.6 is 70.6 Å². The van der Waals surface area contributed by atoms with Gasteiger partial charge in [0.2, 0.25) is 0 Å². The molecule has 2 nitrogen and oxygen atoms in total. The number of thioether (sulfide) groups is 6. The normalized spacial score (nSPS) is 22.6. The maximum absolute atomic E-state index is 9.04. The highest BCUT2D eigenvalue weighted by Gasteiger charge is 2.36. The Labute approximate surface area is 143 Å². The summed E-state index contributed by atoms with van der Waals surface area (Å²) in [6.45, 7) is 2.22. The van der Waals surface area contributed by atoms with E-state index in [1.54, 1.807) is 0 Å². The van der Waals surface area contributed by atoms with Crippen LogP contribution in [0.25, 0.3) is 0 Å². The molecule has 0 radical (unpaired) electrons. The Balaban J connectivity index is 1.69. The Morgan fingerprint density at radius 2 is 1.35 bits per heavy atom. The smallest absolute Gasteiger partial charge is 0.115 e. The van der Waals surface area contributed by atoms with Gasteiger partial charge in [0, 0.05) is 0 Å². The van der Waals surface area contributed by atoms with Crippen molar-refractivity contribution in [1.29, 1.82) is 10.5 Å². The molecule has 0 aliphatic carbocycles.